The third kappa shape index (κ3) is 1.97. The number of hydrogen-bond donors (Lipinski definition) is 3. The molecule has 0 bridgehead atoms. The molecule has 3 rings (SSSR count). The molecule has 1 aromatic rings. The number of hydrogen-bond acceptors (Lipinski definition) is 4. The fraction of sp³-hybridized carbons (Fsp3) is 0.500. The number of rotatable bonds is 2. The summed E-state index contributed by atoms with van der Waals surface area (Å²) in [6.45, 7) is 0.761. The van der Waals surface area contributed by atoms with Crippen molar-refractivity contribution in [3.8, 4) is 5.75 Å². The minimum atomic E-state index is 0.290. The number of phenols is 1. The van der Waals surface area contributed by atoms with E-state index in [0.29, 0.717) is 18.0 Å². The van der Waals surface area contributed by atoms with Gasteiger partial charge in [0, 0.05) is 0 Å². The molecule has 0 amide bonds. The maximum absolute atomic E-state index is 9.86. The van der Waals surface area contributed by atoms with Crippen molar-refractivity contribution in [1.29, 1.82) is 0 Å². The molecule has 0 saturated heterocycles. The van der Waals surface area contributed by atoms with E-state index >= 15 is 0 Å². The fourth-order valence-corrected chi connectivity index (χ4v) is 2.97. The average Bonchev–Trinajstić information content (AvgIpc) is 2.81. The summed E-state index contributed by atoms with van der Waals surface area (Å²) < 4.78 is 0. The van der Waals surface area contributed by atoms with Crippen molar-refractivity contribution in [2.75, 3.05) is 6.54 Å². The van der Waals surface area contributed by atoms with E-state index in [4.69, 9.17) is 10.7 Å². The van der Waals surface area contributed by atoms with Gasteiger partial charge in [-0.05, 0) is 43.9 Å². The maximum atomic E-state index is 9.86. The smallest absolute Gasteiger partial charge is 0.132 e. The molecule has 1 aliphatic carbocycles. The summed E-state index contributed by atoms with van der Waals surface area (Å²) in [5.74, 6) is 1.73. The Balaban J connectivity index is 1.80. The Morgan fingerprint density at radius 2 is 2.17 bits per heavy atom. The molecule has 4 heteroatoms. The van der Waals surface area contributed by atoms with E-state index in [1.54, 1.807) is 6.07 Å². The Kier molecular flexibility index (Phi) is 2.96. The van der Waals surface area contributed by atoms with Gasteiger partial charge in [-0.15, -0.1) is 0 Å². The van der Waals surface area contributed by atoms with Gasteiger partial charge < -0.3 is 16.2 Å². The van der Waals surface area contributed by atoms with Crippen LogP contribution in [0.2, 0.25) is 0 Å². The van der Waals surface area contributed by atoms with Crippen LogP contribution in [0.1, 0.15) is 24.8 Å². The first-order chi connectivity index (χ1) is 8.78. The molecule has 3 unspecified atom stereocenters. The van der Waals surface area contributed by atoms with Crippen molar-refractivity contribution < 1.29 is 5.11 Å². The Hall–Kier alpha value is -1.55. The zero-order valence-corrected chi connectivity index (χ0v) is 10.3. The van der Waals surface area contributed by atoms with E-state index < -0.39 is 0 Å². The Labute approximate surface area is 107 Å². The first-order valence-corrected chi connectivity index (χ1v) is 6.60. The van der Waals surface area contributed by atoms with E-state index in [2.05, 4.69) is 5.32 Å². The van der Waals surface area contributed by atoms with Crippen LogP contribution in [0.15, 0.2) is 29.3 Å². The highest BCUT2D eigenvalue weighted by Gasteiger charge is 2.35. The van der Waals surface area contributed by atoms with Crippen LogP contribution in [0, 0.1) is 5.92 Å². The lowest BCUT2D eigenvalue weighted by atomic mass is 9.83. The van der Waals surface area contributed by atoms with Gasteiger partial charge in [0.15, 0.2) is 0 Å². The zero-order valence-electron chi connectivity index (χ0n) is 10.3. The van der Waals surface area contributed by atoms with Crippen LogP contribution < -0.4 is 11.1 Å². The number of nitrogens with one attached hydrogen (secondary N) is 1. The Morgan fingerprint density at radius 3 is 2.94 bits per heavy atom. The number of para-hydroxylation sites is 1. The van der Waals surface area contributed by atoms with Crippen LogP contribution in [0.3, 0.4) is 0 Å². The summed E-state index contributed by atoms with van der Waals surface area (Å²) in [5, 5.41) is 13.3. The molecular weight excluding hydrogens is 226 g/mol. The van der Waals surface area contributed by atoms with Crippen LogP contribution in [-0.4, -0.2) is 29.6 Å². The highest BCUT2D eigenvalue weighted by atomic mass is 16.3. The fourth-order valence-electron chi connectivity index (χ4n) is 2.97. The number of nitrogens with zero attached hydrogens (tertiary/aromatic N) is 1. The Morgan fingerprint density at radius 1 is 1.33 bits per heavy atom. The molecule has 0 aromatic heterocycles. The number of amidine groups is 1. The molecule has 0 radical (unpaired) electrons. The summed E-state index contributed by atoms with van der Waals surface area (Å²) in [6.07, 6.45) is 3.34. The number of phenolic OH excluding ortho intramolecular Hbond substituents is 1. The monoisotopic (exact) mass is 245 g/mol. The number of benzene rings is 1. The Bertz CT molecular complexity index is 472. The average molecular weight is 245 g/mol. The largest absolute Gasteiger partial charge is 0.507 e. The molecule has 1 heterocycles. The number of aliphatic imine (C=N–C) groups is 1. The van der Waals surface area contributed by atoms with Crippen LogP contribution in [0.4, 0.5) is 0 Å². The van der Waals surface area contributed by atoms with Crippen LogP contribution in [-0.2, 0) is 0 Å². The van der Waals surface area contributed by atoms with E-state index in [1.807, 2.05) is 18.2 Å². The number of nitrogens with two attached hydrogens (primary N) is 1. The molecule has 1 aromatic carbocycles. The third-order valence-corrected chi connectivity index (χ3v) is 4.03. The van der Waals surface area contributed by atoms with Crippen LogP contribution in [0.5, 0.6) is 5.75 Å². The van der Waals surface area contributed by atoms with E-state index in [-0.39, 0.29) is 5.75 Å². The summed E-state index contributed by atoms with van der Waals surface area (Å²) in [7, 11) is 0. The molecule has 2 aliphatic rings. The first-order valence-electron chi connectivity index (χ1n) is 6.60. The standard InChI is InChI=1S/C14H19N3O/c15-8-9-5-6-11-12(7-9)17-14(16-11)10-3-1-2-4-13(10)18/h1-4,9,11-12,18H,5-8,15H2,(H,16,17). The molecule has 4 nitrogen and oxygen atoms in total. The van der Waals surface area contributed by atoms with Gasteiger partial charge in [0.25, 0.3) is 0 Å². The van der Waals surface area contributed by atoms with Crippen molar-refractivity contribution in [2.45, 2.75) is 31.3 Å². The van der Waals surface area contributed by atoms with Crippen molar-refractivity contribution in [1.82, 2.24) is 5.32 Å². The van der Waals surface area contributed by atoms with Crippen molar-refractivity contribution in [2.24, 2.45) is 16.6 Å². The van der Waals surface area contributed by atoms with Gasteiger partial charge in [0.1, 0.15) is 11.6 Å². The van der Waals surface area contributed by atoms with Crippen molar-refractivity contribution in [3.05, 3.63) is 29.8 Å². The zero-order chi connectivity index (χ0) is 12.5. The second-order valence-corrected chi connectivity index (χ2v) is 5.23. The SMILES string of the molecule is NCC1CCC2N=C(c3ccccc3O)NC2C1. The third-order valence-electron chi connectivity index (χ3n) is 4.03. The van der Waals surface area contributed by atoms with Gasteiger partial charge in [0.2, 0.25) is 0 Å². The molecule has 1 aliphatic heterocycles. The minimum absolute atomic E-state index is 0.290. The first kappa shape index (κ1) is 11.5. The lowest BCUT2D eigenvalue weighted by molar-refractivity contribution is 0.294. The van der Waals surface area contributed by atoms with Crippen LogP contribution >= 0.6 is 0 Å². The molecular formula is C14H19N3O. The summed E-state index contributed by atoms with van der Waals surface area (Å²) in [6, 6.07) is 8.09. The second kappa shape index (κ2) is 4.61. The van der Waals surface area contributed by atoms with Crippen molar-refractivity contribution in [3.63, 3.8) is 0 Å². The highest BCUT2D eigenvalue weighted by Crippen LogP contribution is 2.30. The van der Waals surface area contributed by atoms with Gasteiger partial charge in [0.05, 0.1) is 17.6 Å². The lowest BCUT2D eigenvalue weighted by Gasteiger charge is -2.29. The highest BCUT2D eigenvalue weighted by molar-refractivity contribution is 6.02. The lowest BCUT2D eigenvalue weighted by Crippen LogP contribution is -2.41. The molecule has 1 fully saturated rings. The van der Waals surface area contributed by atoms with E-state index in [9.17, 15) is 5.11 Å². The predicted octanol–water partition coefficient (Wildman–Crippen LogP) is 1.24. The topological polar surface area (TPSA) is 70.6 Å². The van der Waals surface area contributed by atoms with Gasteiger partial charge in [-0.25, -0.2) is 0 Å². The van der Waals surface area contributed by atoms with E-state index in [0.717, 1.165) is 37.2 Å². The quantitative estimate of drug-likeness (QED) is 0.734. The minimum Gasteiger partial charge on any atom is -0.507 e. The molecule has 96 valence electrons. The normalized spacial score (nSPS) is 30.5. The summed E-state index contributed by atoms with van der Waals surface area (Å²) in [4.78, 5) is 4.71. The number of aromatic hydroxyl groups is 1. The van der Waals surface area contributed by atoms with Gasteiger partial charge in [-0.3, -0.25) is 4.99 Å². The molecule has 3 atom stereocenters. The molecule has 0 spiro atoms. The summed E-state index contributed by atoms with van der Waals surface area (Å²) >= 11 is 0. The maximum Gasteiger partial charge on any atom is 0.132 e. The number of fused-ring (bicyclic) bond motifs is 1. The van der Waals surface area contributed by atoms with Crippen LogP contribution in [0.25, 0.3) is 0 Å². The molecule has 18 heavy (non-hydrogen) atoms. The second-order valence-electron chi connectivity index (χ2n) is 5.23. The van der Waals surface area contributed by atoms with Crippen molar-refractivity contribution >= 4 is 5.84 Å². The molecule has 4 N–H and O–H groups in total. The predicted molar refractivity (Wildman–Crippen MR) is 71.8 cm³/mol. The van der Waals surface area contributed by atoms with Gasteiger partial charge >= 0.3 is 0 Å². The van der Waals surface area contributed by atoms with Gasteiger partial charge in [-0.2, -0.15) is 0 Å². The summed E-state index contributed by atoms with van der Waals surface area (Å²) in [5.41, 5.74) is 6.55. The molecule has 1 saturated carbocycles. The van der Waals surface area contributed by atoms with E-state index in [1.165, 1.54) is 0 Å². The van der Waals surface area contributed by atoms with Gasteiger partial charge in [-0.1, -0.05) is 12.1 Å².